The molecule has 1 aliphatic rings. The van der Waals surface area contributed by atoms with Crippen LogP contribution in [0.4, 0.5) is 0 Å². The van der Waals surface area contributed by atoms with E-state index in [4.69, 9.17) is 4.74 Å². The summed E-state index contributed by atoms with van der Waals surface area (Å²) >= 11 is 0. The first kappa shape index (κ1) is 10.7. The second-order valence-corrected chi connectivity index (χ2v) is 4.13. The lowest BCUT2D eigenvalue weighted by molar-refractivity contribution is -0.0162. The summed E-state index contributed by atoms with van der Waals surface area (Å²) in [5.74, 6) is 0.849. The summed E-state index contributed by atoms with van der Waals surface area (Å²) in [7, 11) is 2.01. The van der Waals surface area contributed by atoms with Crippen LogP contribution in [0.5, 0.6) is 0 Å². The Hall–Kier alpha value is -0.340. The zero-order valence-corrected chi connectivity index (χ0v) is 8.97. The minimum Gasteiger partial charge on any atom is -0.374 e. The normalized spacial score (nSPS) is 26.7. The molecule has 0 unspecified atom stereocenters. The minimum atomic E-state index is 0.522. The highest BCUT2D eigenvalue weighted by atomic mass is 16.5. The van der Waals surface area contributed by atoms with Crippen LogP contribution in [0.2, 0.25) is 0 Å². The van der Waals surface area contributed by atoms with Gasteiger partial charge in [0.2, 0.25) is 0 Å². The molecule has 76 valence electrons. The lowest BCUT2D eigenvalue weighted by Gasteiger charge is -2.34. The predicted molar refractivity (Wildman–Crippen MR) is 55.8 cm³/mol. The zero-order chi connectivity index (χ0) is 9.68. The number of hydrogen-bond donors (Lipinski definition) is 1. The van der Waals surface area contributed by atoms with Crippen molar-refractivity contribution in [1.29, 1.82) is 0 Å². The van der Waals surface area contributed by atoms with Gasteiger partial charge in [0.1, 0.15) is 0 Å². The van der Waals surface area contributed by atoms with Crippen molar-refractivity contribution in [2.45, 2.75) is 32.8 Å². The highest BCUT2D eigenvalue weighted by Crippen LogP contribution is 2.29. The van der Waals surface area contributed by atoms with Gasteiger partial charge in [0.15, 0.2) is 0 Å². The molecule has 1 saturated carbocycles. The molecule has 0 bridgehead atoms. The molecule has 1 rings (SSSR count). The minimum absolute atomic E-state index is 0.522. The molecule has 0 aliphatic heterocycles. The standard InChI is InChI=1S/C11H21NO/c1-9(2)4-5-13-11-6-10(7-11)8-12-3/h4,10-12H,5-8H2,1-3H3. The fraction of sp³-hybridized carbons (Fsp3) is 0.818. The molecular weight excluding hydrogens is 162 g/mol. The van der Waals surface area contributed by atoms with E-state index in [2.05, 4.69) is 25.2 Å². The van der Waals surface area contributed by atoms with Gasteiger partial charge in [0, 0.05) is 0 Å². The zero-order valence-electron chi connectivity index (χ0n) is 8.97. The molecule has 0 spiro atoms. The quantitative estimate of drug-likeness (QED) is 0.658. The SMILES string of the molecule is CNCC1CC(OCC=C(C)C)C1. The van der Waals surface area contributed by atoms with Gasteiger partial charge < -0.3 is 10.1 Å². The van der Waals surface area contributed by atoms with E-state index in [1.165, 1.54) is 18.4 Å². The molecule has 0 saturated heterocycles. The molecular formula is C11H21NO. The molecule has 1 fully saturated rings. The molecule has 0 aromatic rings. The van der Waals surface area contributed by atoms with Crippen LogP contribution in [0.15, 0.2) is 11.6 Å². The molecule has 0 atom stereocenters. The van der Waals surface area contributed by atoms with Gasteiger partial charge in [-0.3, -0.25) is 0 Å². The maximum absolute atomic E-state index is 5.66. The lowest BCUT2D eigenvalue weighted by Crippen LogP contribution is -2.36. The van der Waals surface area contributed by atoms with Gasteiger partial charge >= 0.3 is 0 Å². The smallest absolute Gasteiger partial charge is 0.0653 e. The van der Waals surface area contributed by atoms with Crippen LogP contribution in [0, 0.1) is 5.92 Å². The van der Waals surface area contributed by atoms with Crippen molar-refractivity contribution >= 4 is 0 Å². The summed E-state index contributed by atoms with van der Waals surface area (Å²) in [6, 6.07) is 0. The van der Waals surface area contributed by atoms with Crippen molar-refractivity contribution in [3.63, 3.8) is 0 Å². The molecule has 1 N–H and O–H groups in total. The van der Waals surface area contributed by atoms with Crippen molar-refractivity contribution in [3.05, 3.63) is 11.6 Å². The van der Waals surface area contributed by atoms with Crippen LogP contribution >= 0.6 is 0 Å². The molecule has 0 aromatic heterocycles. The van der Waals surface area contributed by atoms with E-state index in [0.717, 1.165) is 19.1 Å². The summed E-state index contributed by atoms with van der Waals surface area (Å²) < 4.78 is 5.66. The average Bonchev–Trinajstić information content (AvgIpc) is 1.99. The van der Waals surface area contributed by atoms with Crippen LogP contribution in [0.1, 0.15) is 26.7 Å². The van der Waals surface area contributed by atoms with Crippen LogP contribution in [0.3, 0.4) is 0 Å². The van der Waals surface area contributed by atoms with Gasteiger partial charge in [-0.15, -0.1) is 0 Å². The monoisotopic (exact) mass is 183 g/mol. The fourth-order valence-electron chi connectivity index (χ4n) is 1.62. The number of allylic oxidation sites excluding steroid dienone is 1. The first-order valence-electron chi connectivity index (χ1n) is 5.12. The van der Waals surface area contributed by atoms with Gasteiger partial charge in [0.25, 0.3) is 0 Å². The summed E-state index contributed by atoms with van der Waals surface area (Å²) in [4.78, 5) is 0. The van der Waals surface area contributed by atoms with E-state index < -0.39 is 0 Å². The first-order valence-corrected chi connectivity index (χ1v) is 5.12. The molecule has 1 aliphatic carbocycles. The van der Waals surface area contributed by atoms with Crippen LogP contribution < -0.4 is 5.32 Å². The third-order valence-corrected chi connectivity index (χ3v) is 2.51. The van der Waals surface area contributed by atoms with E-state index in [1.807, 2.05) is 7.05 Å². The van der Waals surface area contributed by atoms with Crippen molar-refractivity contribution < 1.29 is 4.74 Å². The fourth-order valence-corrected chi connectivity index (χ4v) is 1.62. The average molecular weight is 183 g/mol. The van der Waals surface area contributed by atoms with Gasteiger partial charge in [-0.1, -0.05) is 11.6 Å². The third kappa shape index (κ3) is 3.92. The van der Waals surface area contributed by atoms with Crippen molar-refractivity contribution in [3.8, 4) is 0 Å². The van der Waals surface area contributed by atoms with Crippen LogP contribution in [-0.2, 0) is 4.74 Å². The Morgan fingerprint density at radius 1 is 1.46 bits per heavy atom. The third-order valence-electron chi connectivity index (χ3n) is 2.51. The van der Waals surface area contributed by atoms with Crippen molar-refractivity contribution in [2.24, 2.45) is 5.92 Å². The molecule has 2 heteroatoms. The molecule has 0 aromatic carbocycles. The predicted octanol–water partition coefficient (Wildman–Crippen LogP) is 1.97. The van der Waals surface area contributed by atoms with E-state index in [0.29, 0.717) is 6.10 Å². The maximum atomic E-state index is 5.66. The second-order valence-electron chi connectivity index (χ2n) is 4.13. The number of rotatable bonds is 5. The van der Waals surface area contributed by atoms with E-state index in [-0.39, 0.29) is 0 Å². The largest absolute Gasteiger partial charge is 0.374 e. The van der Waals surface area contributed by atoms with Gasteiger partial charge in [-0.25, -0.2) is 0 Å². The number of hydrogen-bond acceptors (Lipinski definition) is 2. The van der Waals surface area contributed by atoms with Crippen LogP contribution in [0.25, 0.3) is 0 Å². The highest BCUT2D eigenvalue weighted by molar-refractivity contribution is 4.93. The van der Waals surface area contributed by atoms with Crippen molar-refractivity contribution in [2.75, 3.05) is 20.2 Å². The van der Waals surface area contributed by atoms with E-state index >= 15 is 0 Å². The Kier molecular flexibility index (Phi) is 4.46. The lowest BCUT2D eigenvalue weighted by atomic mass is 9.82. The number of nitrogens with one attached hydrogen (secondary N) is 1. The Morgan fingerprint density at radius 2 is 2.15 bits per heavy atom. The highest BCUT2D eigenvalue weighted by Gasteiger charge is 2.28. The Balaban J connectivity index is 1.99. The summed E-state index contributed by atoms with van der Waals surface area (Å²) in [5, 5.41) is 3.20. The summed E-state index contributed by atoms with van der Waals surface area (Å²) in [6.45, 7) is 6.14. The topological polar surface area (TPSA) is 21.3 Å². The van der Waals surface area contributed by atoms with E-state index in [1.54, 1.807) is 0 Å². The van der Waals surface area contributed by atoms with Gasteiger partial charge in [-0.2, -0.15) is 0 Å². The number of ether oxygens (including phenoxy) is 1. The van der Waals surface area contributed by atoms with Gasteiger partial charge in [0.05, 0.1) is 12.7 Å². The molecule has 0 heterocycles. The molecule has 2 nitrogen and oxygen atoms in total. The summed E-state index contributed by atoms with van der Waals surface area (Å²) in [6.07, 6.45) is 5.13. The van der Waals surface area contributed by atoms with E-state index in [9.17, 15) is 0 Å². The summed E-state index contributed by atoms with van der Waals surface area (Å²) in [5.41, 5.74) is 1.34. The second kappa shape index (κ2) is 5.40. The first-order chi connectivity index (χ1) is 6.22. The molecule has 13 heavy (non-hydrogen) atoms. The van der Waals surface area contributed by atoms with Crippen LogP contribution in [-0.4, -0.2) is 26.3 Å². The maximum Gasteiger partial charge on any atom is 0.0653 e. The molecule has 0 amide bonds. The van der Waals surface area contributed by atoms with Crippen molar-refractivity contribution in [1.82, 2.24) is 5.32 Å². The Morgan fingerprint density at radius 3 is 2.69 bits per heavy atom. The Bertz CT molecular complexity index is 167. The molecule has 0 radical (unpaired) electrons. The Labute approximate surface area is 81.4 Å². The van der Waals surface area contributed by atoms with Gasteiger partial charge in [-0.05, 0) is 46.2 Å².